The van der Waals surface area contributed by atoms with E-state index < -0.39 is 12.3 Å². The van der Waals surface area contributed by atoms with Gasteiger partial charge in [-0.3, -0.25) is 0 Å². The van der Waals surface area contributed by atoms with Crippen molar-refractivity contribution in [2.45, 2.75) is 0 Å². The van der Waals surface area contributed by atoms with Crippen LogP contribution < -0.4 is 59.1 Å². The Bertz CT molecular complexity index is 77.4. The largest absolute Gasteiger partial charge is 2.00 e. The Kier molecular flexibility index (Phi) is 93.6. The summed E-state index contributed by atoms with van der Waals surface area (Å²) in [4.78, 5) is 17.1. The van der Waals surface area contributed by atoms with Gasteiger partial charge in [-0.15, -0.1) is 0 Å². The van der Waals surface area contributed by atoms with E-state index in [0.717, 1.165) is 0 Å². The van der Waals surface area contributed by atoms with E-state index in [1.807, 2.05) is 0 Å². The van der Waals surface area contributed by atoms with Gasteiger partial charge in [0.15, 0.2) is 0 Å². The Labute approximate surface area is 125 Å². The summed E-state index contributed by atoms with van der Waals surface area (Å²) in [7, 11) is 0. The van der Waals surface area contributed by atoms with Crippen molar-refractivity contribution in [3.8, 4) is 0 Å². The van der Waals surface area contributed by atoms with Gasteiger partial charge in [0.2, 0.25) is 0 Å². The van der Waals surface area contributed by atoms with Crippen molar-refractivity contribution in [1.29, 1.82) is 0 Å². The van der Waals surface area contributed by atoms with Crippen LogP contribution in [-0.2, 0) is 25.0 Å². The van der Waals surface area contributed by atoms with Crippen molar-refractivity contribution in [1.82, 2.24) is 0 Å². The molecule has 0 saturated carbocycles. The van der Waals surface area contributed by atoms with Crippen molar-refractivity contribution < 1.29 is 114 Å². The fraction of sp³-hybridized carbons (Fsp3) is 0. The van der Waals surface area contributed by atoms with E-state index >= 15 is 0 Å². The van der Waals surface area contributed by atoms with Crippen LogP contribution in [0.4, 0.5) is 9.59 Å². The number of carboxylic acid groups (broad SMARTS) is 4. The molecule has 0 aliphatic carbocycles. The van der Waals surface area contributed by atoms with Crippen LogP contribution in [0.2, 0.25) is 0 Å². The molecule has 0 amide bonds. The molecule has 0 fully saturated rings. The first-order valence-corrected chi connectivity index (χ1v) is 1.30. The number of hydrogen-bond acceptors (Lipinski definition) is 2. The third-order valence-electron chi connectivity index (χ3n) is 0. The molecule has 0 radical (unpaired) electrons. The summed E-state index contributed by atoms with van der Waals surface area (Å²) in [5, 5.41) is 27.9. The second kappa shape index (κ2) is 29.6. The van der Waals surface area contributed by atoms with Gasteiger partial charge in [-0.05, 0) is 0 Å². The number of hydrogen-bond donors (Lipinski definition) is 4. The molecule has 0 bridgehead atoms. The van der Waals surface area contributed by atoms with Crippen LogP contribution in [-0.4, -0.2) is 32.7 Å². The zero-order valence-corrected chi connectivity index (χ0v) is 13.7. The topological polar surface area (TPSA) is 144 Å². The summed E-state index contributed by atoms with van der Waals surface area (Å²) >= 11 is 0. The Balaban J connectivity index is -0.0000000112. The van der Waals surface area contributed by atoms with Crippen molar-refractivity contribution in [2.24, 2.45) is 0 Å². The molecule has 0 heterocycles. The fourth-order valence-corrected chi connectivity index (χ4v) is 0. The standard InChI is InChI=1S/2CH2O3.2Na.O.Zn/c2*2-1(3)4;;;;/h2*(H2,2,3,4);;;;/q;;2*+1;-2;+2. The summed E-state index contributed by atoms with van der Waals surface area (Å²) < 4.78 is 0. The zero-order valence-electron chi connectivity index (χ0n) is 6.72. The molecule has 0 aromatic heterocycles. The van der Waals surface area contributed by atoms with E-state index in [4.69, 9.17) is 30.0 Å². The predicted octanol–water partition coefficient (Wildman–Crippen LogP) is -5.67. The molecule has 12 heavy (non-hydrogen) atoms. The van der Waals surface area contributed by atoms with Crippen LogP contribution in [0.25, 0.3) is 0 Å². The maximum atomic E-state index is 8.56. The van der Waals surface area contributed by atoms with Gasteiger partial charge in [-0.25, -0.2) is 9.59 Å². The second-order valence-corrected chi connectivity index (χ2v) is 0.565. The maximum Gasteiger partial charge on any atom is 2.00 e. The average Bonchev–Trinajstić information content (AvgIpc) is 1.25. The molecule has 0 rings (SSSR count). The van der Waals surface area contributed by atoms with Gasteiger partial charge in [0, 0.05) is 0 Å². The summed E-state index contributed by atoms with van der Waals surface area (Å²) in [6.07, 6.45) is -3.67. The minimum atomic E-state index is -1.83. The SMILES string of the molecule is O=C(O)O.O=C(O)O.[Na+].[Na+].[O-2].[Zn+2]. The first kappa shape index (κ1) is 38.0. The minimum absolute atomic E-state index is 0. The first-order valence-electron chi connectivity index (χ1n) is 1.30. The quantitative estimate of drug-likeness (QED) is 0.316. The van der Waals surface area contributed by atoms with Gasteiger partial charge in [-0.1, -0.05) is 0 Å². The molecular weight excluding hydrogens is 247 g/mol. The maximum absolute atomic E-state index is 8.56. The minimum Gasteiger partial charge on any atom is -2.00 e. The molecule has 0 aliphatic rings. The summed E-state index contributed by atoms with van der Waals surface area (Å²) in [5.41, 5.74) is 0. The molecule has 0 aromatic carbocycles. The number of rotatable bonds is 0. The van der Waals surface area contributed by atoms with Crippen LogP contribution in [0.15, 0.2) is 0 Å². The molecule has 0 saturated heterocycles. The molecule has 7 nitrogen and oxygen atoms in total. The smallest absolute Gasteiger partial charge is 2.00 e. The van der Waals surface area contributed by atoms with Crippen LogP contribution in [0.5, 0.6) is 0 Å². The van der Waals surface area contributed by atoms with Crippen LogP contribution in [0, 0.1) is 0 Å². The number of carbonyl (C=O) groups is 2. The van der Waals surface area contributed by atoms with Gasteiger partial charge in [0.1, 0.15) is 0 Å². The Morgan fingerprint density at radius 2 is 0.750 bits per heavy atom. The molecular formula is C2H4Na2O7Zn+2. The Morgan fingerprint density at radius 3 is 0.750 bits per heavy atom. The van der Waals surface area contributed by atoms with E-state index in [0.29, 0.717) is 0 Å². The summed E-state index contributed by atoms with van der Waals surface area (Å²) in [6.45, 7) is 0. The Hall–Kier alpha value is 1.12. The molecule has 0 spiro atoms. The van der Waals surface area contributed by atoms with E-state index in [1.54, 1.807) is 0 Å². The van der Waals surface area contributed by atoms with Gasteiger partial charge in [0.05, 0.1) is 0 Å². The second-order valence-electron chi connectivity index (χ2n) is 0.565. The monoisotopic (exact) mass is 250 g/mol. The molecule has 0 aliphatic heterocycles. The third kappa shape index (κ3) is 903. The average molecular weight is 251 g/mol. The van der Waals surface area contributed by atoms with Crippen molar-refractivity contribution >= 4 is 12.3 Å². The van der Waals surface area contributed by atoms with Crippen molar-refractivity contribution in [2.75, 3.05) is 0 Å². The van der Waals surface area contributed by atoms with Gasteiger partial charge in [0.25, 0.3) is 0 Å². The van der Waals surface area contributed by atoms with E-state index in [1.165, 1.54) is 0 Å². The van der Waals surface area contributed by atoms with Crippen molar-refractivity contribution in [3.63, 3.8) is 0 Å². The Morgan fingerprint density at radius 1 is 0.750 bits per heavy atom. The van der Waals surface area contributed by atoms with Crippen LogP contribution in [0.3, 0.4) is 0 Å². The van der Waals surface area contributed by atoms with Crippen LogP contribution in [0.1, 0.15) is 0 Å². The molecule has 0 unspecified atom stereocenters. The fourth-order valence-electron chi connectivity index (χ4n) is 0. The molecule has 0 atom stereocenters. The molecule has 4 N–H and O–H groups in total. The van der Waals surface area contributed by atoms with Crippen molar-refractivity contribution in [3.05, 3.63) is 0 Å². The predicted molar refractivity (Wildman–Crippen MR) is 22.0 cm³/mol. The third-order valence-corrected chi connectivity index (χ3v) is 0. The van der Waals surface area contributed by atoms with E-state index in [9.17, 15) is 0 Å². The van der Waals surface area contributed by atoms with E-state index in [-0.39, 0.29) is 84.1 Å². The summed E-state index contributed by atoms with van der Waals surface area (Å²) in [6, 6.07) is 0. The van der Waals surface area contributed by atoms with E-state index in [2.05, 4.69) is 0 Å². The van der Waals surface area contributed by atoms with Gasteiger partial charge in [-0.2, -0.15) is 0 Å². The molecule has 10 heteroatoms. The summed E-state index contributed by atoms with van der Waals surface area (Å²) in [5.74, 6) is 0. The normalized spacial score (nSPS) is 4.00. The molecule has 56 valence electrons. The van der Waals surface area contributed by atoms with Gasteiger partial charge >= 0.3 is 90.9 Å². The zero-order chi connectivity index (χ0) is 7.15. The van der Waals surface area contributed by atoms with Gasteiger partial charge < -0.3 is 25.9 Å². The molecule has 0 aromatic rings. The van der Waals surface area contributed by atoms with Crippen LogP contribution >= 0.6 is 0 Å². The first-order chi connectivity index (χ1) is 3.46.